The molecule has 8 heteroatoms. The number of Topliss-reactive ketones (excluding diaryl/α,β-unsaturated/α-hetero) is 1. The Morgan fingerprint density at radius 3 is 2.55 bits per heavy atom. The van der Waals surface area contributed by atoms with Gasteiger partial charge in [0, 0.05) is 18.5 Å². The first kappa shape index (κ1) is 14.6. The summed E-state index contributed by atoms with van der Waals surface area (Å²) in [5.74, 6) is -1.51. The standard InChI is InChI=1S/C12H13N3O3S2/c1-6(16)8-7(9(17)18)14-11(20-8)15-12(2,3)10-13-4-5-19-10/h4-5H,1-3H3,(H,14,15)(H,17,18). The Bertz CT molecular complexity index is 615. The van der Waals surface area contributed by atoms with Crippen LogP contribution >= 0.6 is 22.7 Å². The van der Waals surface area contributed by atoms with Crippen LogP contribution in [0, 0.1) is 0 Å². The third-order valence-corrected chi connectivity index (χ3v) is 4.70. The monoisotopic (exact) mass is 311 g/mol. The molecule has 0 saturated heterocycles. The van der Waals surface area contributed by atoms with Crippen LogP contribution in [0.3, 0.4) is 0 Å². The zero-order valence-electron chi connectivity index (χ0n) is 11.1. The van der Waals surface area contributed by atoms with Crippen molar-refractivity contribution in [1.82, 2.24) is 9.97 Å². The molecule has 0 aromatic carbocycles. The summed E-state index contributed by atoms with van der Waals surface area (Å²) < 4.78 is 0. The van der Waals surface area contributed by atoms with Gasteiger partial charge in [0.1, 0.15) is 9.88 Å². The minimum Gasteiger partial charge on any atom is -0.476 e. The summed E-state index contributed by atoms with van der Waals surface area (Å²) in [5, 5.41) is 15.3. The predicted octanol–water partition coefficient (Wildman–Crippen LogP) is 2.85. The first-order valence-corrected chi connectivity index (χ1v) is 7.44. The van der Waals surface area contributed by atoms with Gasteiger partial charge in [0.15, 0.2) is 16.6 Å². The van der Waals surface area contributed by atoms with Crippen LogP contribution in [0.5, 0.6) is 0 Å². The van der Waals surface area contributed by atoms with E-state index in [2.05, 4.69) is 15.3 Å². The molecule has 0 aliphatic heterocycles. The number of carboxylic acid groups (broad SMARTS) is 1. The molecule has 20 heavy (non-hydrogen) atoms. The number of rotatable bonds is 5. The lowest BCUT2D eigenvalue weighted by Gasteiger charge is -2.23. The molecule has 0 fully saturated rings. The minimum absolute atomic E-state index is 0.148. The fourth-order valence-electron chi connectivity index (χ4n) is 1.61. The molecule has 2 heterocycles. The highest BCUT2D eigenvalue weighted by Crippen LogP contribution is 2.31. The second-order valence-corrected chi connectivity index (χ2v) is 6.54. The van der Waals surface area contributed by atoms with Crippen molar-refractivity contribution in [2.24, 2.45) is 0 Å². The number of aromatic nitrogens is 2. The average molecular weight is 311 g/mol. The Balaban J connectivity index is 2.33. The topological polar surface area (TPSA) is 92.2 Å². The van der Waals surface area contributed by atoms with Crippen molar-refractivity contribution in [1.29, 1.82) is 0 Å². The third-order valence-electron chi connectivity index (χ3n) is 2.54. The van der Waals surface area contributed by atoms with Crippen LogP contribution in [0.2, 0.25) is 0 Å². The molecule has 0 bridgehead atoms. The van der Waals surface area contributed by atoms with Crippen LogP contribution in [-0.2, 0) is 5.54 Å². The van der Waals surface area contributed by atoms with Crippen molar-refractivity contribution < 1.29 is 14.7 Å². The zero-order valence-corrected chi connectivity index (χ0v) is 12.8. The van der Waals surface area contributed by atoms with Crippen molar-refractivity contribution in [2.45, 2.75) is 26.3 Å². The summed E-state index contributed by atoms with van der Waals surface area (Å²) in [5.41, 5.74) is -0.699. The Morgan fingerprint density at radius 2 is 2.10 bits per heavy atom. The van der Waals surface area contributed by atoms with Gasteiger partial charge in [0.25, 0.3) is 0 Å². The Hall–Kier alpha value is -1.80. The maximum Gasteiger partial charge on any atom is 0.356 e. The number of ketones is 1. The van der Waals surface area contributed by atoms with Crippen molar-refractivity contribution in [2.75, 3.05) is 5.32 Å². The first-order valence-electron chi connectivity index (χ1n) is 5.74. The number of carbonyl (C=O) groups excluding carboxylic acids is 1. The number of anilines is 1. The van der Waals surface area contributed by atoms with Crippen LogP contribution in [-0.4, -0.2) is 26.8 Å². The molecule has 0 aliphatic carbocycles. The SMILES string of the molecule is CC(=O)c1sc(NC(C)(C)c2nccs2)nc1C(=O)O. The van der Waals surface area contributed by atoms with Gasteiger partial charge in [-0.3, -0.25) is 4.79 Å². The lowest BCUT2D eigenvalue weighted by Crippen LogP contribution is -2.27. The second kappa shape index (κ2) is 5.29. The van der Waals surface area contributed by atoms with E-state index in [-0.39, 0.29) is 16.4 Å². The maximum absolute atomic E-state index is 11.4. The van der Waals surface area contributed by atoms with Gasteiger partial charge >= 0.3 is 5.97 Å². The lowest BCUT2D eigenvalue weighted by atomic mass is 10.1. The molecule has 106 valence electrons. The third kappa shape index (κ3) is 2.86. The highest BCUT2D eigenvalue weighted by Gasteiger charge is 2.27. The van der Waals surface area contributed by atoms with Gasteiger partial charge in [0.05, 0.1) is 5.54 Å². The molecule has 2 aromatic heterocycles. The molecular formula is C12H13N3O3S2. The predicted molar refractivity (Wildman–Crippen MR) is 77.8 cm³/mol. The maximum atomic E-state index is 11.4. The highest BCUT2D eigenvalue weighted by atomic mass is 32.1. The number of hydrogen-bond acceptors (Lipinski definition) is 7. The van der Waals surface area contributed by atoms with E-state index in [0.29, 0.717) is 5.13 Å². The minimum atomic E-state index is -1.20. The highest BCUT2D eigenvalue weighted by molar-refractivity contribution is 7.17. The van der Waals surface area contributed by atoms with Gasteiger partial charge < -0.3 is 10.4 Å². The summed E-state index contributed by atoms with van der Waals surface area (Å²) in [6, 6.07) is 0. The molecule has 2 N–H and O–H groups in total. The van der Waals surface area contributed by atoms with E-state index in [4.69, 9.17) is 5.11 Å². The van der Waals surface area contributed by atoms with E-state index in [1.807, 2.05) is 19.2 Å². The summed E-state index contributed by atoms with van der Waals surface area (Å²) in [6.45, 7) is 5.16. The van der Waals surface area contributed by atoms with E-state index >= 15 is 0 Å². The smallest absolute Gasteiger partial charge is 0.356 e. The van der Waals surface area contributed by atoms with Crippen LogP contribution in [0.4, 0.5) is 5.13 Å². The summed E-state index contributed by atoms with van der Waals surface area (Å²) in [7, 11) is 0. The van der Waals surface area contributed by atoms with Gasteiger partial charge in [-0.15, -0.1) is 11.3 Å². The number of carbonyl (C=O) groups is 2. The summed E-state index contributed by atoms with van der Waals surface area (Å²) >= 11 is 2.54. The number of aromatic carboxylic acids is 1. The number of carboxylic acids is 1. The van der Waals surface area contributed by atoms with Gasteiger partial charge in [-0.2, -0.15) is 0 Å². The molecular weight excluding hydrogens is 298 g/mol. The number of hydrogen-bond donors (Lipinski definition) is 2. The largest absolute Gasteiger partial charge is 0.476 e. The molecule has 0 aliphatic rings. The van der Waals surface area contributed by atoms with Crippen molar-refractivity contribution >= 4 is 39.6 Å². The number of nitrogens with zero attached hydrogens (tertiary/aromatic N) is 2. The second-order valence-electron chi connectivity index (χ2n) is 4.65. The van der Waals surface area contributed by atoms with Gasteiger partial charge in [-0.25, -0.2) is 14.8 Å². The van der Waals surface area contributed by atoms with E-state index in [9.17, 15) is 9.59 Å². The van der Waals surface area contributed by atoms with Crippen molar-refractivity contribution in [3.63, 3.8) is 0 Å². The molecule has 0 radical (unpaired) electrons. The Morgan fingerprint density at radius 1 is 1.40 bits per heavy atom. The molecule has 2 aromatic rings. The molecule has 0 spiro atoms. The number of thiazole rings is 2. The van der Waals surface area contributed by atoms with Crippen molar-refractivity contribution in [3.05, 3.63) is 27.2 Å². The van der Waals surface area contributed by atoms with Crippen LogP contribution in [0.25, 0.3) is 0 Å². The van der Waals surface area contributed by atoms with Crippen LogP contribution < -0.4 is 5.32 Å². The lowest BCUT2D eigenvalue weighted by molar-refractivity contribution is 0.0687. The van der Waals surface area contributed by atoms with Gasteiger partial charge in [-0.05, 0) is 13.8 Å². The summed E-state index contributed by atoms with van der Waals surface area (Å²) in [4.78, 5) is 30.9. The van der Waals surface area contributed by atoms with Crippen molar-refractivity contribution in [3.8, 4) is 0 Å². The number of nitrogens with one attached hydrogen (secondary N) is 1. The molecule has 0 unspecified atom stereocenters. The quantitative estimate of drug-likeness (QED) is 0.825. The Kier molecular flexibility index (Phi) is 3.87. The van der Waals surface area contributed by atoms with E-state index in [0.717, 1.165) is 16.3 Å². The van der Waals surface area contributed by atoms with E-state index in [1.165, 1.54) is 18.3 Å². The van der Waals surface area contributed by atoms with Crippen LogP contribution in [0.15, 0.2) is 11.6 Å². The Labute approximate surface area is 123 Å². The molecule has 2 rings (SSSR count). The molecule has 6 nitrogen and oxygen atoms in total. The molecule has 0 atom stereocenters. The molecule has 0 amide bonds. The zero-order chi connectivity index (χ0) is 14.9. The molecule has 0 saturated carbocycles. The van der Waals surface area contributed by atoms with E-state index in [1.54, 1.807) is 6.20 Å². The fourth-order valence-corrected chi connectivity index (χ4v) is 3.34. The fraction of sp³-hybridized carbons (Fsp3) is 0.333. The van der Waals surface area contributed by atoms with Crippen LogP contribution in [0.1, 0.15) is 45.9 Å². The summed E-state index contributed by atoms with van der Waals surface area (Å²) in [6.07, 6.45) is 1.70. The normalized spacial score (nSPS) is 11.3. The van der Waals surface area contributed by atoms with Gasteiger partial charge in [0.2, 0.25) is 0 Å². The first-order chi connectivity index (χ1) is 9.31. The average Bonchev–Trinajstić information content (AvgIpc) is 2.95. The van der Waals surface area contributed by atoms with Gasteiger partial charge in [-0.1, -0.05) is 11.3 Å². The van der Waals surface area contributed by atoms with E-state index < -0.39 is 11.5 Å².